The maximum Gasteiger partial charge on any atom is 0.495 e. The highest BCUT2D eigenvalue weighted by Gasteiger charge is 2.52. The molecule has 1 aliphatic rings. The minimum atomic E-state index is -0.953. The largest absolute Gasteiger partial charge is 0.497 e. The first-order chi connectivity index (χ1) is 13.6. The van der Waals surface area contributed by atoms with E-state index in [0.29, 0.717) is 0 Å². The van der Waals surface area contributed by atoms with Crippen molar-refractivity contribution < 1.29 is 23.9 Å². The predicted octanol–water partition coefficient (Wildman–Crippen LogP) is 3.87. The molecule has 0 saturated carbocycles. The maximum atomic E-state index is 11.5. The second-order valence-corrected chi connectivity index (χ2v) is 8.51. The molecule has 2 aromatic rings. The summed E-state index contributed by atoms with van der Waals surface area (Å²) in [7, 11) is 1.09. The van der Waals surface area contributed by atoms with Gasteiger partial charge >= 0.3 is 13.1 Å². The molecule has 1 N–H and O–H groups in total. The Hall–Kier alpha value is -2.31. The molecule has 0 aliphatic carbocycles. The molecule has 0 amide bonds. The third-order valence-electron chi connectivity index (χ3n) is 5.95. The molecule has 5 nitrogen and oxygen atoms in total. The second kappa shape index (κ2) is 8.21. The Labute approximate surface area is 173 Å². The van der Waals surface area contributed by atoms with Crippen molar-refractivity contribution >= 4 is 18.6 Å². The van der Waals surface area contributed by atoms with Crippen LogP contribution in [0.25, 0.3) is 0 Å². The van der Waals surface area contributed by atoms with Gasteiger partial charge in [-0.05, 0) is 87.8 Å². The molecule has 3 rings (SSSR count). The SMILES string of the molecule is COc1cccc(CCCc2ccc(C(=O)O)cc2B2OC(C)(C)C(C)(C)O2)c1. The van der Waals surface area contributed by atoms with Crippen LogP contribution < -0.4 is 10.2 Å². The fraction of sp³-hybridized carbons (Fsp3) is 0.435. The standard InChI is InChI=1S/C23H29BO5/c1-22(2)23(3,4)29-24(28-22)20-15-18(21(25)26)13-12-17(20)10-6-8-16-9-7-11-19(14-16)27-5/h7,9,11-15H,6,8,10H2,1-5H3,(H,25,26). The van der Waals surface area contributed by atoms with Crippen LogP contribution in [-0.4, -0.2) is 36.5 Å². The monoisotopic (exact) mass is 396 g/mol. The lowest BCUT2D eigenvalue weighted by Gasteiger charge is -2.32. The minimum absolute atomic E-state index is 0.242. The van der Waals surface area contributed by atoms with Gasteiger partial charge in [-0.1, -0.05) is 18.2 Å². The molecule has 0 bridgehead atoms. The van der Waals surface area contributed by atoms with Crippen LogP contribution in [0.15, 0.2) is 42.5 Å². The van der Waals surface area contributed by atoms with E-state index in [-0.39, 0.29) is 5.56 Å². The quantitative estimate of drug-likeness (QED) is 0.720. The molecule has 0 radical (unpaired) electrons. The summed E-state index contributed by atoms with van der Waals surface area (Å²) in [5.41, 5.74) is 2.35. The Bertz CT molecular complexity index is 875. The first-order valence-corrected chi connectivity index (χ1v) is 9.97. The zero-order chi connectivity index (χ0) is 21.2. The topological polar surface area (TPSA) is 65.0 Å². The Morgan fingerprint density at radius 3 is 2.34 bits per heavy atom. The van der Waals surface area contributed by atoms with E-state index in [9.17, 15) is 9.90 Å². The second-order valence-electron chi connectivity index (χ2n) is 8.51. The maximum absolute atomic E-state index is 11.5. The molecule has 0 aromatic heterocycles. The molecule has 1 saturated heterocycles. The molecule has 6 heteroatoms. The fourth-order valence-electron chi connectivity index (χ4n) is 3.46. The number of rotatable bonds is 7. The van der Waals surface area contributed by atoms with Crippen LogP contribution in [0.1, 0.15) is 55.6 Å². The molecule has 1 heterocycles. The van der Waals surface area contributed by atoms with Gasteiger partial charge in [-0.15, -0.1) is 0 Å². The summed E-state index contributed by atoms with van der Waals surface area (Å²) in [6.07, 6.45) is 2.63. The van der Waals surface area contributed by atoms with Gasteiger partial charge in [0.15, 0.2) is 0 Å². The summed E-state index contributed by atoms with van der Waals surface area (Å²) in [6.45, 7) is 7.99. The van der Waals surface area contributed by atoms with Crippen LogP contribution in [-0.2, 0) is 22.2 Å². The molecule has 1 aliphatic heterocycles. The zero-order valence-corrected chi connectivity index (χ0v) is 17.8. The predicted molar refractivity (Wildman–Crippen MR) is 114 cm³/mol. The zero-order valence-electron chi connectivity index (χ0n) is 17.8. The number of aryl methyl sites for hydroxylation is 2. The highest BCUT2D eigenvalue weighted by Crippen LogP contribution is 2.36. The Balaban J connectivity index is 1.80. The molecular formula is C23H29BO5. The smallest absolute Gasteiger partial charge is 0.495 e. The van der Waals surface area contributed by atoms with Gasteiger partial charge in [0.25, 0.3) is 0 Å². The number of methoxy groups -OCH3 is 1. The lowest BCUT2D eigenvalue weighted by atomic mass is 9.74. The number of benzene rings is 2. The Kier molecular flexibility index (Phi) is 6.06. The number of ether oxygens (including phenoxy) is 1. The van der Waals surface area contributed by atoms with Crippen molar-refractivity contribution in [3.8, 4) is 5.75 Å². The van der Waals surface area contributed by atoms with Gasteiger partial charge in [-0.2, -0.15) is 0 Å². The van der Waals surface area contributed by atoms with Gasteiger partial charge in [0.2, 0.25) is 0 Å². The number of aromatic carboxylic acids is 1. The Morgan fingerprint density at radius 1 is 1.03 bits per heavy atom. The summed E-state index contributed by atoms with van der Waals surface area (Å²) >= 11 is 0. The first-order valence-electron chi connectivity index (χ1n) is 9.97. The lowest BCUT2D eigenvalue weighted by Crippen LogP contribution is -2.41. The summed E-state index contributed by atoms with van der Waals surface area (Å²) in [6, 6.07) is 13.3. The van der Waals surface area contributed by atoms with E-state index in [1.54, 1.807) is 19.2 Å². The Morgan fingerprint density at radius 2 is 1.72 bits per heavy atom. The number of carbonyl (C=O) groups is 1. The van der Waals surface area contributed by atoms with E-state index >= 15 is 0 Å². The number of hydrogen-bond acceptors (Lipinski definition) is 4. The van der Waals surface area contributed by atoms with Crippen LogP contribution >= 0.6 is 0 Å². The highest BCUT2D eigenvalue weighted by molar-refractivity contribution is 6.62. The summed E-state index contributed by atoms with van der Waals surface area (Å²) < 4.78 is 17.7. The molecule has 2 aromatic carbocycles. The van der Waals surface area contributed by atoms with Crippen molar-refractivity contribution in [2.75, 3.05) is 7.11 Å². The van der Waals surface area contributed by atoms with Gasteiger partial charge in [0, 0.05) is 0 Å². The average Bonchev–Trinajstić information content (AvgIpc) is 2.89. The fourth-order valence-corrected chi connectivity index (χ4v) is 3.46. The third kappa shape index (κ3) is 4.65. The van der Waals surface area contributed by atoms with Crippen LogP contribution in [0, 0.1) is 0 Å². The lowest BCUT2D eigenvalue weighted by molar-refractivity contribution is 0.00578. The average molecular weight is 396 g/mol. The van der Waals surface area contributed by atoms with Crippen molar-refractivity contribution in [1.82, 2.24) is 0 Å². The van der Waals surface area contributed by atoms with Crippen LogP contribution in [0.4, 0.5) is 0 Å². The molecule has 29 heavy (non-hydrogen) atoms. The van der Waals surface area contributed by atoms with Crippen molar-refractivity contribution in [2.45, 2.75) is 58.2 Å². The van der Waals surface area contributed by atoms with Crippen molar-refractivity contribution in [1.29, 1.82) is 0 Å². The van der Waals surface area contributed by atoms with Gasteiger partial charge in [-0.25, -0.2) is 4.79 Å². The third-order valence-corrected chi connectivity index (χ3v) is 5.95. The molecular weight excluding hydrogens is 367 g/mol. The van der Waals surface area contributed by atoms with E-state index in [4.69, 9.17) is 14.0 Å². The highest BCUT2D eigenvalue weighted by atomic mass is 16.7. The van der Waals surface area contributed by atoms with Crippen molar-refractivity contribution in [2.24, 2.45) is 0 Å². The molecule has 0 unspecified atom stereocenters. The van der Waals surface area contributed by atoms with Crippen LogP contribution in [0.5, 0.6) is 5.75 Å². The van der Waals surface area contributed by atoms with Crippen LogP contribution in [0.2, 0.25) is 0 Å². The summed E-state index contributed by atoms with van der Waals surface area (Å²) in [5, 5.41) is 9.43. The molecule has 0 spiro atoms. The van der Waals surface area contributed by atoms with Gasteiger partial charge in [0.05, 0.1) is 23.9 Å². The summed E-state index contributed by atoms with van der Waals surface area (Å²) in [4.78, 5) is 11.5. The molecule has 0 atom stereocenters. The van der Waals surface area contributed by atoms with Crippen LogP contribution in [0.3, 0.4) is 0 Å². The minimum Gasteiger partial charge on any atom is -0.497 e. The normalized spacial score (nSPS) is 17.3. The van der Waals surface area contributed by atoms with E-state index in [1.807, 2.05) is 52.0 Å². The van der Waals surface area contributed by atoms with Gasteiger partial charge in [-0.3, -0.25) is 0 Å². The molecule has 1 fully saturated rings. The number of hydrogen-bond donors (Lipinski definition) is 1. The molecule has 154 valence electrons. The number of carboxylic acid groups (broad SMARTS) is 1. The summed E-state index contributed by atoms with van der Waals surface area (Å²) in [5.74, 6) is -0.100. The van der Waals surface area contributed by atoms with Gasteiger partial charge < -0.3 is 19.2 Å². The van der Waals surface area contributed by atoms with E-state index in [1.165, 1.54) is 5.56 Å². The van der Waals surface area contributed by atoms with E-state index < -0.39 is 24.3 Å². The van der Waals surface area contributed by atoms with Gasteiger partial charge in [0.1, 0.15) is 5.75 Å². The van der Waals surface area contributed by atoms with Crippen molar-refractivity contribution in [3.63, 3.8) is 0 Å². The first kappa shape index (κ1) is 21.4. The number of carboxylic acids is 1. The van der Waals surface area contributed by atoms with E-state index in [2.05, 4.69) is 6.07 Å². The van der Waals surface area contributed by atoms with Crippen molar-refractivity contribution in [3.05, 3.63) is 59.2 Å². The van der Waals surface area contributed by atoms with E-state index in [0.717, 1.165) is 36.0 Å².